The van der Waals surface area contributed by atoms with Gasteiger partial charge in [-0.25, -0.2) is 9.78 Å². The number of carbonyl (C=O) groups is 2. The van der Waals surface area contributed by atoms with Crippen LogP contribution in [0.5, 0.6) is 0 Å². The molecule has 1 amide bonds. The molecule has 0 atom stereocenters. The summed E-state index contributed by atoms with van der Waals surface area (Å²) in [6.07, 6.45) is 1.77. The van der Waals surface area contributed by atoms with E-state index in [4.69, 9.17) is 9.72 Å². The van der Waals surface area contributed by atoms with Crippen LogP contribution in [0, 0.1) is 0 Å². The molecule has 1 aliphatic heterocycles. The molecule has 30 heavy (non-hydrogen) atoms. The molecule has 1 aromatic carbocycles. The summed E-state index contributed by atoms with van der Waals surface area (Å²) in [4.78, 5) is 32.5. The highest BCUT2D eigenvalue weighted by Gasteiger charge is 2.30. The van der Waals surface area contributed by atoms with Crippen molar-refractivity contribution in [3.63, 3.8) is 0 Å². The van der Waals surface area contributed by atoms with Gasteiger partial charge in [0.25, 0.3) is 5.91 Å². The molecule has 1 aliphatic rings. The minimum Gasteiger partial charge on any atom is -0.456 e. The molecule has 1 saturated heterocycles. The van der Waals surface area contributed by atoms with Gasteiger partial charge in [-0.15, -0.1) is 11.3 Å². The average Bonchev–Trinajstić information content (AvgIpc) is 3.17. The predicted octanol–water partition coefficient (Wildman–Crippen LogP) is 5.42. The van der Waals surface area contributed by atoms with Crippen LogP contribution in [0.2, 0.25) is 0 Å². The van der Waals surface area contributed by atoms with Crippen molar-refractivity contribution in [1.29, 1.82) is 0 Å². The van der Waals surface area contributed by atoms with E-state index in [9.17, 15) is 9.59 Å². The van der Waals surface area contributed by atoms with E-state index in [2.05, 4.69) is 26.2 Å². The van der Waals surface area contributed by atoms with Gasteiger partial charge in [0.05, 0.1) is 21.8 Å². The zero-order chi connectivity index (χ0) is 22.1. The van der Waals surface area contributed by atoms with E-state index in [1.54, 1.807) is 35.6 Å². The van der Waals surface area contributed by atoms with E-state index in [-0.39, 0.29) is 11.3 Å². The number of ether oxygens (including phenoxy) is 1. The molecule has 162 valence electrons. The second kappa shape index (κ2) is 8.50. The fourth-order valence-electron chi connectivity index (χ4n) is 3.50. The SMILES string of the molecule is CC(C)(C)OC(=O)c1ccccc1C(=O)N1CCC(c2nc(C(C)(C)C)cs2)CC1. The van der Waals surface area contributed by atoms with Crippen molar-refractivity contribution in [2.45, 2.75) is 71.3 Å². The quantitative estimate of drug-likeness (QED) is 0.613. The number of carbonyl (C=O) groups excluding carboxylic acids is 2. The standard InChI is InChI=1S/C24H32N2O3S/c1-23(2,3)19-15-30-20(25-19)16-11-13-26(14-12-16)21(27)17-9-7-8-10-18(17)22(28)29-24(4,5)6/h7-10,15-16H,11-14H2,1-6H3. The lowest BCUT2D eigenvalue weighted by atomic mass is 9.93. The zero-order valence-corrected chi connectivity index (χ0v) is 19.6. The first kappa shape index (κ1) is 22.5. The Balaban J connectivity index is 1.69. The first-order valence-corrected chi connectivity index (χ1v) is 11.4. The van der Waals surface area contributed by atoms with E-state index in [1.165, 1.54) is 5.01 Å². The summed E-state index contributed by atoms with van der Waals surface area (Å²) in [5, 5.41) is 3.32. The van der Waals surface area contributed by atoms with Crippen LogP contribution in [0.25, 0.3) is 0 Å². The maximum atomic E-state index is 13.2. The topological polar surface area (TPSA) is 59.5 Å². The fourth-order valence-corrected chi connectivity index (χ4v) is 4.72. The number of thiazole rings is 1. The lowest BCUT2D eigenvalue weighted by Crippen LogP contribution is -2.38. The van der Waals surface area contributed by atoms with Crippen molar-refractivity contribution in [2.24, 2.45) is 0 Å². The van der Waals surface area contributed by atoms with Crippen molar-refractivity contribution in [3.05, 3.63) is 51.5 Å². The Bertz CT molecular complexity index is 913. The van der Waals surface area contributed by atoms with Crippen LogP contribution in [0.4, 0.5) is 0 Å². The Morgan fingerprint density at radius 1 is 1.03 bits per heavy atom. The molecular formula is C24H32N2O3S. The minimum absolute atomic E-state index is 0.0524. The predicted molar refractivity (Wildman–Crippen MR) is 120 cm³/mol. The van der Waals surface area contributed by atoms with E-state index >= 15 is 0 Å². The number of esters is 1. The summed E-state index contributed by atoms with van der Waals surface area (Å²) in [6, 6.07) is 6.93. The van der Waals surface area contributed by atoms with Gasteiger partial charge in [0, 0.05) is 29.8 Å². The third-order valence-corrected chi connectivity index (χ3v) is 6.21. The fraction of sp³-hybridized carbons (Fsp3) is 0.542. The highest BCUT2D eigenvalue weighted by Crippen LogP contribution is 2.33. The van der Waals surface area contributed by atoms with Crippen LogP contribution in [0.15, 0.2) is 29.6 Å². The summed E-state index contributed by atoms with van der Waals surface area (Å²) in [6.45, 7) is 13.3. The zero-order valence-electron chi connectivity index (χ0n) is 18.8. The minimum atomic E-state index is -0.606. The molecule has 2 heterocycles. The van der Waals surface area contributed by atoms with Gasteiger partial charge in [0.1, 0.15) is 5.60 Å². The molecule has 0 radical (unpaired) electrons. The largest absolute Gasteiger partial charge is 0.456 e. The maximum Gasteiger partial charge on any atom is 0.339 e. The van der Waals surface area contributed by atoms with Gasteiger partial charge in [-0.3, -0.25) is 4.79 Å². The normalized spacial score (nSPS) is 15.9. The van der Waals surface area contributed by atoms with E-state index < -0.39 is 11.6 Å². The molecule has 0 N–H and O–H groups in total. The van der Waals surface area contributed by atoms with E-state index in [0.717, 1.165) is 18.5 Å². The van der Waals surface area contributed by atoms with Gasteiger partial charge in [0.2, 0.25) is 0 Å². The number of benzene rings is 1. The molecule has 0 aliphatic carbocycles. The smallest absolute Gasteiger partial charge is 0.339 e. The Morgan fingerprint density at radius 2 is 1.63 bits per heavy atom. The van der Waals surface area contributed by atoms with Crippen LogP contribution < -0.4 is 0 Å². The number of aromatic nitrogens is 1. The first-order chi connectivity index (χ1) is 14.0. The Kier molecular flexibility index (Phi) is 6.37. The van der Waals surface area contributed by atoms with Crippen LogP contribution in [0.1, 0.15) is 91.7 Å². The number of piperidine rings is 1. The Hall–Kier alpha value is -2.21. The number of rotatable bonds is 3. The molecule has 1 fully saturated rings. The van der Waals surface area contributed by atoms with Gasteiger partial charge in [-0.05, 0) is 45.7 Å². The highest BCUT2D eigenvalue weighted by molar-refractivity contribution is 7.09. The summed E-state index contributed by atoms with van der Waals surface area (Å²) >= 11 is 1.72. The van der Waals surface area contributed by atoms with Crippen molar-refractivity contribution >= 4 is 23.2 Å². The van der Waals surface area contributed by atoms with Crippen LogP contribution in [-0.4, -0.2) is 40.5 Å². The average molecular weight is 429 g/mol. The third kappa shape index (κ3) is 5.28. The third-order valence-electron chi connectivity index (χ3n) is 5.20. The monoisotopic (exact) mass is 428 g/mol. The second-order valence-electron chi connectivity index (χ2n) is 9.93. The van der Waals surface area contributed by atoms with Crippen molar-refractivity contribution < 1.29 is 14.3 Å². The van der Waals surface area contributed by atoms with Gasteiger partial charge >= 0.3 is 5.97 Å². The molecule has 0 spiro atoms. The molecule has 6 heteroatoms. The molecule has 3 rings (SSSR count). The maximum absolute atomic E-state index is 13.2. The molecule has 1 aromatic heterocycles. The van der Waals surface area contributed by atoms with Gasteiger partial charge in [-0.1, -0.05) is 32.9 Å². The Morgan fingerprint density at radius 3 is 2.17 bits per heavy atom. The lowest BCUT2D eigenvalue weighted by molar-refractivity contribution is 0.00664. The number of hydrogen-bond acceptors (Lipinski definition) is 5. The number of amides is 1. The van der Waals surface area contributed by atoms with E-state index in [0.29, 0.717) is 30.1 Å². The molecule has 0 unspecified atom stereocenters. The molecule has 0 saturated carbocycles. The van der Waals surface area contributed by atoms with Crippen molar-refractivity contribution in [3.8, 4) is 0 Å². The number of hydrogen-bond donors (Lipinski definition) is 0. The molecule has 5 nitrogen and oxygen atoms in total. The summed E-state index contributed by atoms with van der Waals surface area (Å²) < 4.78 is 5.49. The van der Waals surface area contributed by atoms with Crippen LogP contribution in [0.3, 0.4) is 0 Å². The molecule has 2 aromatic rings. The summed E-state index contributed by atoms with van der Waals surface area (Å²) in [5.41, 5.74) is 1.32. The van der Waals surface area contributed by atoms with Gasteiger partial charge in [0.15, 0.2) is 0 Å². The Labute approximate surface area is 183 Å². The molecule has 0 bridgehead atoms. The van der Waals surface area contributed by atoms with Crippen molar-refractivity contribution in [2.75, 3.05) is 13.1 Å². The van der Waals surface area contributed by atoms with E-state index in [1.807, 2.05) is 25.7 Å². The first-order valence-electron chi connectivity index (χ1n) is 10.5. The summed E-state index contributed by atoms with van der Waals surface area (Å²) in [7, 11) is 0. The number of nitrogens with zero attached hydrogens (tertiary/aromatic N) is 2. The number of likely N-dealkylation sites (tertiary alicyclic amines) is 1. The van der Waals surface area contributed by atoms with Crippen LogP contribution in [-0.2, 0) is 10.2 Å². The molecular weight excluding hydrogens is 396 g/mol. The second-order valence-corrected chi connectivity index (χ2v) is 10.8. The summed E-state index contributed by atoms with van der Waals surface area (Å²) in [5.74, 6) is -0.181. The lowest BCUT2D eigenvalue weighted by Gasteiger charge is -2.31. The van der Waals surface area contributed by atoms with Crippen molar-refractivity contribution in [1.82, 2.24) is 9.88 Å². The highest BCUT2D eigenvalue weighted by atomic mass is 32.1. The van der Waals surface area contributed by atoms with Gasteiger partial charge in [-0.2, -0.15) is 0 Å². The van der Waals surface area contributed by atoms with Crippen LogP contribution >= 0.6 is 11.3 Å². The van der Waals surface area contributed by atoms with Gasteiger partial charge < -0.3 is 9.64 Å².